The van der Waals surface area contributed by atoms with E-state index < -0.39 is 0 Å². The number of halogens is 2. The molecule has 3 nitrogen and oxygen atoms in total. The number of nitrogens with one attached hydrogen (secondary N) is 1. The molecule has 1 aliphatic carbocycles. The van der Waals surface area contributed by atoms with Crippen molar-refractivity contribution < 1.29 is 13.9 Å². The van der Waals surface area contributed by atoms with Crippen molar-refractivity contribution in [1.82, 2.24) is 5.32 Å². The molecule has 0 bridgehead atoms. The fourth-order valence-corrected chi connectivity index (χ4v) is 2.40. The van der Waals surface area contributed by atoms with E-state index in [9.17, 15) is 4.39 Å². The Labute approximate surface area is 121 Å². The van der Waals surface area contributed by atoms with E-state index in [0.717, 1.165) is 16.6 Å². The van der Waals surface area contributed by atoms with Gasteiger partial charge in [-0.15, -0.1) is 0 Å². The number of hydrogen-bond acceptors (Lipinski definition) is 3. The summed E-state index contributed by atoms with van der Waals surface area (Å²) in [5, 5.41) is 3.46. The highest BCUT2D eigenvalue weighted by Crippen LogP contribution is 2.37. The molecule has 1 aromatic rings. The summed E-state index contributed by atoms with van der Waals surface area (Å²) in [6.07, 6.45) is 2.92. The lowest BCUT2D eigenvalue weighted by Gasteiger charge is -2.14. The van der Waals surface area contributed by atoms with Gasteiger partial charge >= 0.3 is 0 Å². The quantitative estimate of drug-likeness (QED) is 0.740. The third-order valence-electron chi connectivity index (χ3n) is 2.99. The van der Waals surface area contributed by atoms with Crippen molar-refractivity contribution in [3.8, 4) is 11.5 Å². The number of rotatable bonds is 8. The first kappa shape index (κ1) is 14.6. The molecule has 1 fully saturated rings. The zero-order valence-corrected chi connectivity index (χ0v) is 12.6. The minimum Gasteiger partial charge on any atom is -0.493 e. The first-order chi connectivity index (χ1) is 9.24. The molecule has 0 atom stereocenters. The van der Waals surface area contributed by atoms with Gasteiger partial charge in [0.05, 0.1) is 24.9 Å². The molecule has 2 rings (SSSR count). The summed E-state index contributed by atoms with van der Waals surface area (Å²) < 4.78 is 23.8. The highest BCUT2D eigenvalue weighted by molar-refractivity contribution is 9.10. The van der Waals surface area contributed by atoms with Crippen molar-refractivity contribution in [3.05, 3.63) is 22.2 Å². The summed E-state index contributed by atoms with van der Waals surface area (Å²) in [7, 11) is 1.61. The van der Waals surface area contributed by atoms with Crippen molar-refractivity contribution >= 4 is 15.9 Å². The van der Waals surface area contributed by atoms with E-state index in [4.69, 9.17) is 9.47 Å². The van der Waals surface area contributed by atoms with Crippen LogP contribution in [-0.4, -0.2) is 26.4 Å². The third-order valence-corrected chi connectivity index (χ3v) is 3.57. The van der Waals surface area contributed by atoms with E-state index >= 15 is 0 Å². The van der Waals surface area contributed by atoms with Crippen molar-refractivity contribution in [2.24, 2.45) is 0 Å². The van der Waals surface area contributed by atoms with Gasteiger partial charge in [0.2, 0.25) is 0 Å². The Kier molecular flexibility index (Phi) is 5.45. The topological polar surface area (TPSA) is 30.5 Å². The Morgan fingerprint density at radius 1 is 1.42 bits per heavy atom. The highest BCUT2D eigenvalue weighted by atomic mass is 79.9. The second-order valence-corrected chi connectivity index (χ2v) is 5.51. The van der Waals surface area contributed by atoms with Gasteiger partial charge in [0.1, 0.15) is 0 Å². The average molecular weight is 332 g/mol. The fraction of sp³-hybridized carbons (Fsp3) is 0.571. The lowest BCUT2D eigenvalue weighted by molar-refractivity contribution is 0.272. The van der Waals surface area contributed by atoms with Crippen LogP contribution in [0.3, 0.4) is 0 Å². The van der Waals surface area contributed by atoms with E-state index in [-0.39, 0.29) is 6.67 Å². The molecule has 0 aromatic heterocycles. The first-order valence-corrected chi connectivity index (χ1v) is 7.32. The van der Waals surface area contributed by atoms with Crippen LogP contribution in [0.2, 0.25) is 0 Å². The van der Waals surface area contributed by atoms with E-state index in [1.54, 1.807) is 7.11 Å². The molecule has 1 N–H and O–H groups in total. The third kappa shape index (κ3) is 4.35. The predicted molar refractivity (Wildman–Crippen MR) is 76.6 cm³/mol. The summed E-state index contributed by atoms with van der Waals surface area (Å²) >= 11 is 3.49. The maximum absolute atomic E-state index is 12.1. The molecule has 106 valence electrons. The average Bonchev–Trinajstić information content (AvgIpc) is 3.22. The van der Waals surface area contributed by atoms with Gasteiger partial charge in [-0.3, -0.25) is 4.39 Å². The van der Waals surface area contributed by atoms with Crippen LogP contribution >= 0.6 is 15.9 Å². The Hall–Kier alpha value is -0.810. The van der Waals surface area contributed by atoms with Crippen molar-refractivity contribution in [2.45, 2.75) is 31.8 Å². The van der Waals surface area contributed by atoms with Crippen LogP contribution in [0.25, 0.3) is 0 Å². The van der Waals surface area contributed by atoms with Crippen LogP contribution < -0.4 is 14.8 Å². The molecule has 0 unspecified atom stereocenters. The van der Waals surface area contributed by atoms with Gasteiger partial charge in [-0.25, -0.2) is 0 Å². The van der Waals surface area contributed by atoms with Crippen LogP contribution in [-0.2, 0) is 6.54 Å². The summed E-state index contributed by atoms with van der Waals surface area (Å²) in [4.78, 5) is 0. The minimum absolute atomic E-state index is 0.352. The van der Waals surface area contributed by atoms with E-state index in [1.165, 1.54) is 12.8 Å². The standard InChI is InChI=1S/C14H19BrFNO2/c1-18-13-8-10(9-17-11-3-4-11)7-12(15)14(13)19-6-2-5-16/h7-8,11,17H,2-6,9H2,1H3. The van der Waals surface area contributed by atoms with Crippen molar-refractivity contribution in [2.75, 3.05) is 20.4 Å². The number of alkyl halides is 1. The molecule has 1 aromatic carbocycles. The molecule has 0 radical (unpaired) electrons. The number of hydrogen-bond donors (Lipinski definition) is 1. The van der Waals surface area contributed by atoms with E-state index in [1.807, 2.05) is 12.1 Å². The molecule has 19 heavy (non-hydrogen) atoms. The molecule has 5 heteroatoms. The Morgan fingerprint density at radius 3 is 2.84 bits per heavy atom. The number of ether oxygens (including phenoxy) is 2. The normalized spacial score (nSPS) is 14.5. The van der Waals surface area contributed by atoms with Crippen LogP contribution in [0.1, 0.15) is 24.8 Å². The maximum Gasteiger partial charge on any atom is 0.175 e. The Balaban J connectivity index is 2.04. The maximum atomic E-state index is 12.1. The van der Waals surface area contributed by atoms with Gasteiger partial charge < -0.3 is 14.8 Å². The van der Waals surface area contributed by atoms with Gasteiger partial charge in [-0.1, -0.05) is 0 Å². The summed E-state index contributed by atoms with van der Waals surface area (Å²) in [5.74, 6) is 1.33. The zero-order valence-electron chi connectivity index (χ0n) is 11.0. The number of benzene rings is 1. The molecular weight excluding hydrogens is 313 g/mol. The Bertz CT molecular complexity index is 424. The highest BCUT2D eigenvalue weighted by Gasteiger charge is 2.20. The molecule has 0 heterocycles. The monoisotopic (exact) mass is 331 g/mol. The molecule has 1 saturated carbocycles. The second kappa shape index (κ2) is 7.10. The lowest BCUT2D eigenvalue weighted by atomic mass is 10.2. The van der Waals surface area contributed by atoms with Gasteiger partial charge in [0, 0.05) is 19.0 Å². The smallest absolute Gasteiger partial charge is 0.175 e. The van der Waals surface area contributed by atoms with Crippen LogP contribution in [0, 0.1) is 0 Å². The molecule has 0 amide bonds. The molecule has 0 aliphatic heterocycles. The fourth-order valence-electron chi connectivity index (χ4n) is 1.79. The molecule has 1 aliphatic rings. The largest absolute Gasteiger partial charge is 0.493 e. The van der Waals surface area contributed by atoms with Crippen LogP contribution in [0.15, 0.2) is 16.6 Å². The summed E-state index contributed by atoms with van der Waals surface area (Å²) in [5.41, 5.74) is 1.15. The zero-order chi connectivity index (χ0) is 13.7. The lowest BCUT2D eigenvalue weighted by Crippen LogP contribution is -2.15. The van der Waals surface area contributed by atoms with Crippen molar-refractivity contribution in [1.29, 1.82) is 0 Å². The molecule has 0 spiro atoms. The van der Waals surface area contributed by atoms with Crippen molar-refractivity contribution in [3.63, 3.8) is 0 Å². The van der Waals surface area contributed by atoms with Gasteiger partial charge in [-0.05, 0) is 46.5 Å². The van der Waals surface area contributed by atoms with E-state index in [2.05, 4.69) is 21.2 Å². The Morgan fingerprint density at radius 2 is 2.21 bits per heavy atom. The summed E-state index contributed by atoms with van der Waals surface area (Å²) in [6.45, 7) is 0.804. The van der Waals surface area contributed by atoms with E-state index in [0.29, 0.717) is 30.6 Å². The predicted octanol–water partition coefficient (Wildman–Crippen LogP) is 3.45. The van der Waals surface area contributed by atoms with Gasteiger partial charge in [0.15, 0.2) is 11.5 Å². The first-order valence-electron chi connectivity index (χ1n) is 6.53. The molecular formula is C14H19BrFNO2. The van der Waals surface area contributed by atoms with Crippen LogP contribution in [0.4, 0.5) is 4.39 Å². The number of methoxy groups -OCH3 is 1. The second-order valence-electron chi connectivity index (χ2n) is 4.66. The minimum atomic E-state index is -0.372. The summed E-state index contributed by atoms with van der Waals surface area (Å²) in [6, 6.07) is 4.65. The SMILES string of the molecule is COc1cc(CNC2CC2)cc(Br)c1OCCCF. The molecule has 0 saturated heterocycles. The van der Waals surface area contributed by atoms with Gasteiger partial charge in [-0.2, -0.15) is 0 Å². The van der Waals surface area contributed by atoms with Crippen LogP contribution in [0.5, 0.6) is 11.5 Å². The van der Waals surface area contributed by atoms with Gasteiger partial charge in [0.25, 0.3) is 0 Å².